The number of ether oxygens (including phenoxy) is 2. The minimum absolute atomic E-state index is 0.00157. The van der Waals surface area contributed by atoms with Crippen molar-refractivity contribution in [1.82, 2.24) is 0 Å². The molecule has 2 aromatic carbocycles. The number of fused-ring (bicyclic) bond motifs is 1. The van der Waals surface area contributed by atoms with Crippen molar-refractivity contribution in [2.24, 2.45) is 0 Å². The number of carbonyl (C=O) groups is 1. The summed E-state index contributed by atoms with van der Waals surface area (Å²) in [7, 11) is 1.45. The molecule has 2 aromatic rings. The molecule has 3 rings (SSSR count). The van der Waals surface area contributed by atoms with Gasteiger partial charge in [0.1, 0.15) is 18.1 Å². The molecule has 0 amide bonds. The molecule has 0 spiro atoms. The van der Waals surface area contributed by atoms with Crippen molar-refractivity contribution in [1.29, 1.82) is 0 Å². The monoisotopic (exact) mass is 376 g/mol. The lowest BCUT2D eigenvalue weighted by atomic mass is 9.98. The zero-order valence-electron chi connectivity index (χ0n) is 12.2. The van der Waals surface area contributed by atoms with Gasteiger partial charge < -0.3 is 19.7 Å². The molecule has 118 valence electrons. The average molecular weight is 377 g/mol. The second-order valence-corrected chi connectivity index (χ2v) is 5.88. The number of halogens is 1. The van der Waals surface area contributed by atoms with Crippen LogP contribution in [0.1, 0.15) is 15.9 Å². The first kappa shape index (κ1) is 15.4. The van der Waals surface area contributed by atoms with Gasteiger partial charge in [0.2, 0.25) is 0 Å². The molecular formula is C17H13BrO5. The van der Waals surface area contributed by atoms with E-state index in [1.807, 2.05) is 0 Å². The number of carbonyl (C=O) groups excluding carboxylic acids is 1. The maximum absolute atomic E-state index is 12.5. The minimum atomic E-state index is -0.158. The molecule has 23 heavy (non-hydrogen) atoms. The van der Waals surface area contributed by atoms with Gasteiger partial charge in [0, 0.05) is 11.6 Å². The van der Waals surface area contributed by atoms with Crippen LogP contribution in [-0.2, 0) is 0 Å². The Hall–Kier alpha value is -2.47. The zero-order chi connectivity index (χ0) is 16.6. The summed E-state index contributed by atoms with van der Waals surface area (Å²) in [6.07, 6.45) is 1.69. The Morgan fingerprint density at radius 1 is 1.26 bits per heavy atom. The quantitative estimate of drug-likeness (QED) is 0.784. The molecule has 1 heterocycles. The molecule has 5 nitrogen and oxygen atoms in total. The van der Waals surface area contributed by atoms with Gasteiger partial charge in [0.15, 0.2) is 17.3 Å². The molecule has 1 aliphatic rings. The first-order chi connectivity index (χ1) is 11.0. The normalized spacial score (nSPS) is 15.2. The maximum atomic E-state index is 12.5. The Labute approximate surface area is 140 Å². The van der Waals surface area contributed by atoms with Crippen molar-refractivity contribution in [2.45, 2.75) is 0 Å². The number of phenolic OH excluding ortho intramolecular Hbond substituents is 2. The van der Waals surface area contributed by atoms with Gasteiger partial charge in [-0.1, -0.05) is 0 Å². The molecule has 0 fully saturated rings. The predicted molar refractivity (Wildman–Crippen MR) is 88.3 cm³/mol. The molecule has 0 aromatic heterocycles. The lowest BCUT2D eigenvalue weighted by Crippen LogP contribution is -2.18. The van der Waals surface area contributed by atoms with Crippen LogP contribution in [-0.4, -0.2) is 29.7 Å². The largest absolute Gasteiger partial charge is 0.508 e. The minimum Gasteiger partial charge on any atom is -0.508 e. The SMILES string of the molecule is COc1cc(/C=C2\COc3cc(O)ccc3C2=O)cc(Br)c1O. The topological polar surface area (TPSA) is 76.0 Å². The molecule has 0 bridgehead atoms. The Bertz CT molecular complexity index is 826. The summed E-state index contributed by atoms with van der Waals surface area (Å²) in [5, 5.41) is 19.3. The van der Waals surface area contributed by atoms with Crippen LogP contribution < -0.4 is 9.47 Å². The molecule has 0 aliphatic carbocycles. The summed E-state index contributed by atoms with van der Waals surface area (Å²) in [6.45, 7) is 0.107. The van der Waals surface area contributed by atoms with Crippen molar-refractivity contribution in [3.8, 4) is 23.0 Å². The molecule has 0 saturated carbocycles. The van der Waals surface area contributed by atoms with E-state index >= 15 is 0 Å². The van der Waals surface area contributed by atoms with Crippen LogP contribution in [0.2, 0.25) is 0 Å². The van der Waals surface area contributed by atoms with Gasteiger partial charge in [-0.2, -0.15) is 0 Å². The lowest BCUT2D eigenvalue weighted by molar-refractivity contribution is 0.100. The lowest BCUT2D eigenvalue weighted by Gasteiger charge is -2.19. The number of rotatable bonds is 2. The third-order valence-corrected chi connectivity index (χ3v) is 4.10. The van der Waals surface area contributed by atoms with E-state index in [0.29, 0.717) is 32.7 Å². The summed E-state index contributed by atoms with van der Waals surface area (Å²) < 4.78 is 11.1. The van der Waals surface area contributed by atoms with E-state index in [1.165, 1.54) is 25.3 Å². The van der Waals surface area contributed by atoms with Crippen LogP contribution in [0, 0.1) is 0 Å². The molecule has 0 radical (unpaired) electrons. The number of benzene rings is 2. The van der Waals surface area contributed by atoms with E-state index in [0.717, 1.165) is 0 Å². The van der Waals surface area contributed by atoms with Crippen molar-refractivity contribution in [3.63, 3.8) is 0 Å². The van der Waals surface area contributed by atoms with Crippen LogP contribution in [0.4, 0.5) is 0 Å². The van der Waals surface area contributed by atoms with E-state index < -0.39 is 0 Å². The van der Waals surface area contributed by atoms with Crippen LogP contribution in [0.15, 0.2) is 40.4 Å². The Morgan fingerprint density at radius 3 is 2.78 bits per heavy atom. The zero-order valence-corrected chi connectivity index (χ0v) is 13.8. The van der Waals surface area contributed by atoms with Gasteiger partial charge in [-0.25, -0.2) is 0 Å². The first-order valence-corrected chi connectivity index (χ1v) is 7.56. The van der Waals surface area contributed by atoms with Crippen molar-refractivity contribution >= 4 is 27.8 Å². The molecule has 0 unspecified atom stereocenters. The summed E-state index contributed by atoms with van der Waals surface area (Å²) >= 11 is 3.25. The van der Waals surface area contributed by atoms with E-state index in [-0.39, 0.29) is 23.9 Å². The van der Waals surface area contributed by atoms with Gasteiger partial charge in [-0.15, -0.1) is 0 Å². The molecule has 1 aliphatic heterocycles. The predicted octanol–water partition coefficient (Wildman–Crippen LogP) is 3.53. The fraction of sp³-hybridized carbons (Fsp3) is 0.118. The maximum Gasteiger partial charge on any atom is 0.196 e. The van der Waals surface area contributed by atoms with Crippen LogP contribution >= 0.6 is 15.9 Å². The van der Waals surface area contributed by atoms with E-state index in [9.17, 15) is 15.0 Å². The van der Waals surface area contributed by atoms with E-state index in [1.54, 1.807) is 18.2 Å². The summed E-state index contributed by atoms with van der Waals surface area (Å²) in [4.78, 5) is 12.5. The van der Waals surface area contributed by atoms with Crippen molar-refractivity contribution < 1.29 is 24.5 Å². The number of hydrogen-bond acceptors (Lipinski definition) is 5. The standard InChI is InChI=1S/C17H13BrO5/c1-22-15-6-9(5-13(18)17(15)21)4-10-8-23-14-7-11(19)2-3-12(14)16(10)20/h2-7,19,21H,8H2,1H3/b10-4+. The Kier molecular flexibility index (Phi) is 4.00. The number of hydrogen-bond donors (Lipinski definition) is 2. The Morgan fingerprint density at radius 2 is 2.04 bits per heavy atom. The summed E-state index contributed by atoms with van der Waals surface area (Å²) in [5.74, 6) is 0.574. The van der Waals surface area contributed by atoms with Crippen LogP contribution in [0.25, 0.3) is 6.08 Å². The second kappa shape index (κ2) is 5.96. The highest BCUT2D eigenvalue weighted by Gasteiger charge is 2.23. The third-order valence-electron chi connectivity index (χ3n) is 3.50. The first-order valence-electron chi connectivity index (χ1n) is 6.77. The molecule has 6 heteroatoms. The highest BCUT2D eigenvalue weighted by atomic mass is 79.9. The Balaban J connectivity index is 2.00. The van der Waals surface area contributed by atoms with Gasteiger partial charge >= 0.3 is 0 Å². The second-order valence-electron chi connectivity index (χ2n) is 5.02. The highest BCUT2D eigenvalue weighted by Crippen LogP contribution is 2.36. The van der Waals surface area contributed by atoms with E-state index in [2.05, 4.69) is 15.9 Å². The summed E-state index contributed by atoms with van der Waals surface area (Å²) in [5.41, 5.74) is 1.58. The molecule has 0 saturated heterocycles. The van der Waals surface area contributed by atoms with Gasteiger partial charge in [0.05, 0.1) is 17.1 Å². The number of Topliss-reactive ketones (excluding diaryl/α,β-unsaturated/α-hetero) is 1. The van der Waals surface area contributed by atoms with Gasteiger partial charge in [-0.05, 0) is 51.8 Å². The fourth-order valence-electron chi connectivity index (χ4n) is 2.35. The molecular weight excluding hydrogens is 364 g/mol. The number of methoxy groups -OCH3 is 1. The average Bonchev–Trinajstić information content (AvgIpc) is 2.53. The van der Waals surface area contributed by atoms with Gasteiger partial charge in [-0.3, -0.25) is 4.79 Å². The van der Waals surface area contributed by atoms with E-state index in [4.69, 9.17) is 9.47 Å². The van der Waals surface area contributed by atoms with Crippen molar-refractivity contribution in [2.75, 3.05) is 13.7 Å². The fourth-order valence-corrected chi connectivity index (χ4v) is 2.81. The summed E-state index contributed by atoms with van der Waals surface area (Å²) in [6, 6.07) is 7.72. The molecule has 2 N–H and O–H groups in total. The number of phenols is 2. The van der Waals surface area contributed by atoms with Crippen LogP contribution in [0.3, 0.4) is 0 Å². The highest BCUT2D eigenvalue weighted by molar-refractivity contribution is 9.10. The molecule has 0 atom stereocenters. The third kappa shape index (κ3) is 2.90. The van der Waals surface area contributed by atoms with Gasteiger partial charge in [0.25, 0.3) is 0 Å². The van der Waals surface area contributed by atoms with Crippen LogP contribution in [0.5, 0.6) is 23.0 Å². The number of aromatic hydroxyl groups is 2. The smallest absolute Gasteiger partial charge is 0.196 e. The number of ketones is 1. The van der Waals surface area contributed by atoms with Crippen molar-refractivity contribution in [3.05, 3.63) is 51.5 Å².